The molecule has 0 amide bonds. The second-order valence-corrected chi connectivity index (χ2v) is 4.47. The number of nitrogens with zero attached hydrogens (tertiary/aromatic N) is 3. The molecular formula is C11H19N3. The van der Waals surface area contributed by atoms with Crippen LogP contribution in [0.4, 0.5) is 0 Å². The first-order chi connectivity index (χ1) is 6.66. The Morgan fingerprint density at radius 1 is 1.43 bits per heavy atom. The highest BCUT2D eigenvalue weighted by molar-refractivity contribution is 5.20. The fourth-order valence-electron chi connectivity index (χ4n) is 2.42. The lowest BCUT2D eigenvalue weighted by atomic mass is 9.93. The van der Waals surface area contributed by atoms with E-state index < -0.39 is 0 Å². The second-order valence-electron chi connectivity index (χ2n) is 4.47. The van der Waals surface area contributed by atoms with Crippen molar-refractivity contribution in [3.05, 3.63) is 17.5 Å². The van der Waals surface area contributed by atoms with Crippen molar-refractivity contribution in [3.8, 4) is 0 Å². The van der Waals surface area contributed by atoms with Crippen LogP contribution < -0.4 is 0 Å². The average molecular weight is 193 g/mol. The van der Waals surface area contributed by atoms with E-state index in [4.69, 9.17) is 0 Å². The first kappa shape index (κ1) is 9.71. The SMILES string of the molecule is Cc1cn(C)nc1C1CCCN(C)C1. The van der Waals surface area contributed by atoms with Crippen LogP contribution in [0.2, 0.25) is 0 Å². The van der Waals surface area contributed by atoms with Crippen LogP contribution >= 0.6 is 0 Å². The van der Waals surface area contributed by atoms with Crippen LogP contribution in [-0.4, -0.2) is 34.8 Å². The van der Waals surface area contributed by atoms with Gasteiger partial charge < -0.3 is 4.90 Å². The van der Waals surface area contributed by atoms with E-state index in [1.54, 1.807) is 0 Å². The first-order valence-electron chi connectivity index (χ1n) is 5.35. The zero-order valence-electron chi connectivity index (χ0n) is 9.32. The summed E-state index contributed by atoms with van der Waals surface area (Å²) in [4.78, 5) is 2.41. The summed E-state index contributed by atoms with van der Waals surface area (Å²) >= 11 is 0. The third-order valence-electron chi connectivity index (χ3n) is 3.06. The molecule has 14 heavy (non-hydrogen) atoms. The molecule has 1 aliphatic heterocycles. The maximum atomic E-state index is 4.56. The minimum Gasteiger partial charge on any atom is -0.306 e. The van der Waals surface area contributed by atoms with Crippen molar-refractivity contribution in [1.29, 1.82) is 0 Å². The molecule has 0 N–H and O–H groups in total. The van der Waals surface area contributed by atoms with Crippen LogP contribution in [0.1, 0.15) is 30.0 Å². The van der Waals surface area contributed by atoms with Gasteiger partial charge >= 0.3 is 0 Å². The van der Waals surface area contributed by atoms with Gasteiger partial charge in [0, 0.05) is 25.7 Å². The van der Waals surface area contributed by atoms with E-state index in [0.717, 1.165) is 6.54 Å². The molecule has 3 heteroatoms. The Hall–Kier alpha value is -0.830. The molecule has 2 heterocycles. The van der Waals surface area contributed by atoms with E-state index in [-0.39, 0.29) is 0 Å². The lowest BCUT2D eigenvalue weighted by molar-refractivity contribution is 0.247. The molecule has 3 nitrogen and oxygen atoms in total. The minimum atomic E-state index is 0.648. The Kier molecular flexibility index (Phi) is 2.59. The molecule has 2 rings (SSSR count). The first-order valence-corrected chi connectivity index (χ1v) is 5.35. The van der Waals surface area contributed by atoms with Gasteiger partial charge in [-0.25, -0.2) is 0 Å². The second kappa shape index (κ2) is 3.73. The van der Waals surface area contributed by atoms with Gasteiger partial charge in [-0.05, 0) is 38.9 Å². The standard InChI is InChI=1S/C11H19N3/c1-9-7-14(3)12-11(9)10-5-4-6-13(2)8-10/h7,10H,4-6,8H2,1-3H3. The summed E-state index contributed by atoms with van der Waals surface area (Å²) in [6.45, 7) is 4.57. The molecule has 0 aromatic carbocycles. The number of rotatable bonds is 1. The molecule has 1 atom stereocenters. The van der Waals surface area contributed by atoms with Crippen molar-refractivity contribution in [3.63, 3.8) is 0 Å². The molecule has 0 spiro atoms. The lowest BCUT2D eigenvalue weighted by Gasteiger charge is -2.28. The molecule has 1 aromatic heterocycles. The summed E-state index contributed by atoms with van der Waals surface area (Å²) in [5.74, 6) is 0.648. The Morgan fingerprint density at radius 2 is 2.21 bits per heavy atom. The third kappa shape index (κ3) is 1.82. The Balaban J connectivity index is 2.17. The highest BCUT2D eigenvalue weighted by atomic mass is 15.3. The molecule has 1 saturated heterocycles. The molecule has 0 saturated carbocycles. The monoisotopic (exact) mass is 193 g/mol. The van der Waals surface area contributed by atoms with E-state index in [2.05, 4.69) is 30.2 Å². The van der Waals surface area contributed by atoms with Crippen LogP contribution in [-0.2, 0) is 7.05 Å². The quantitative estimate of drug-likeness (QED) is 0.674. The highest BCUT2D eigenvalue weighted by Gasteiger charge is 2.22. The van der Waals surface area contributed by atoms with Gasteiger partial charge in [0.25, 0.3) is 0 Å². The van der Waals surface area contributed by atoms with Crippen molar-refractivity contribution < 1.29 is 0 Å². The van der Waals surface area contributed by atoms with Gasteiger partial charge in [0.15, 0.2) is 0 Å². The summed E-state index contributed by atoms with van der Waals surface area (Å²) in [5, 5.41) is 4.56. The zero-order valence-corrected chi connectivity index (χ0v) is 9.32. The zero-order chi connectivity index (χ0) is 10.1. The topological polar surface area (TPSA) is 21.1 Å². The average Bonchev–Trinajstić information content (AvgIpc) is 2.45. The van der Waals surface area contributed by atoms with Crippen LogP contribution in [0.5, 0.6) is 0 Å². The Bertz CT molecular complexity index is 316. The molecule has 78 valence electrons. The van der Waals surface area contributed by atoms with Gasteiger partial charge in [-0.2, -0.15) is 5.10 Å². The van der Waals surface area contributed by atoms with Gasteiger partial charge in [-0.1, -0.05) is 0 Å². The van der Waals surface area contributed by atoms with Gasteiger partial charge in [0.1, 0.15) is 0 Å². The predicted octanol–water partition coefficient (Wildman–Crippen LogP) is 1.54. The van der Waals surface area contributed by atoms with Crippen LogP contribution in [0.25, 0.3) is 0 Å². The van der Waals surface area contributed by atoms with E-state index in [1.807, 2.05) is 11.7 Å². The lowest BCUT2D eigenvalue weighted by Crippen LogP contribution is -2.31. The largest absolute Gasteiger partial charge is 0.306 e. The van der Waals surface area contributed by atoms with Gasteiger partial charge in [0.2, 0.25) is 0 Å². The summed E-state index contributed by atoms with van der Waals surface area (Å²) in [6, 6.07) is 0. The van der Waals surface area contributed by atoms with Crippen molar-refractivity contribution in [2.45, 2.75) is 25.7 Å². The fourth-order valence-corrected chi connectivity index (χ4v) is 2.42. The van der Waals surface area contributed by atoms with Gasteiger partial charge in [-0.15, -0.1) is 0 Å². The van der Waals surface area contributed by atoms with Crippen molar-refractivity contribution in [1.82, 2.24) is 14.7 Å². The number of hydrogen-bond acceptors (Lipinski definition) is 2. The normalized spacial score (nSPS) is 24.1. The number of likely N-dealkylation sites (N-methyl/N-ethyl adjacent to an activating group) is 1. The Morgan fingerprint density at radius 3 is 2.79 bits per heavy atom. The van der Waals surface area contributed by atoms with Gasteiger partial charge in [-0.3, -0.25) is 4.68 Å². The molecule has 1 aliphatic rings. The smallest absolute Gasteiger partial charge is 0.0697 e. The highest BCUT2D eigenvalue weighted by Crippen LogP contribution is 2.26. The maximum absolute atomic E-state index is 4.56. The van der Waals surface area contributed by atoms with E-state index in [1.165, 1.54) is 30.6 Å². The van der Waals surface area contributed by atoms with Crippen molar-refractivity contribution >= 4 is 0 Å². The summed E-state index contributed by atoms with van der Waals surface area (Å²) in [7, 11) is 4.20. The molecule has 1 unspecified atom stereocenters. The molecule has 0 aliphatic carbocycles. The van der Waals surface area contributed by atoms with Crippen molar-refractivity contribution in [2.75, 3.05) is 20.1 Å². The minimum absolute atomic E-state index is 0.648. The Labute approximate surface area is 85.7 Å². The number of hydrogen-bond donors (Lipinski definition) is 0. The third-order valence-corrected chi connectivity index (χ3v) is 3.06. The van der Waals surface area contributed by atoms with Crippen LogP contribution in [0.3, 0.4) is 0 Å². The molecular weight excluding hydrogens is 174 g/mol. The van der Waals surface area contributed by atoms with Crippen LogP contribution in [0.15, 0.2) is 6.20 Å². The van der Waals surface area contributed by atoms with E-state index in [0.29, 0.717) is 5.92 Å². The summed E-state index contributed by atoms with van der Waals surface area (Å²) in [6.07, 6.45) is 4.71. The van der Waals surface area contributed by atoms with E-state index in [9.17, 15) is 0 Å². The van der Waals surface area contributed by atoms with Crippen molar-refractivity contribution in [2.24, 2.45) is 7.05 Å². The predicted molar refractivity (Wildman–Crippen MR) is 57.4 cm³/mol. The molecule has 1 fully saturated rings. The summed E-state index contributed by atoms with van der Waals surface area (Å²) < 4.78 is 1.93. The van der Waals surface area contributed by atoms with Gasteiger partial charge in [0.05, 0.1) is 5.69 Å². The number of piperidine rings is 1. The molecule has 0 radical (unpaired) electrons. The summed E-state index contributed by atoms with van der Waals surface area (Å²) in [5.41, 5.74) is 2.65. The number of aromatic nitrogens is 2. The number of likely N-dealkylation sites (tertiary alicyclic amines) is 1. The number of aryl methyl sites for hydroxylation is 2. The van der Waals surface area contributed by atoms with E-state index >= 15 is 0 Å². The maximum Gasteiger partial charge on any atom is 0.0697 e. The fraction of sp³-hybridized carbons (Fsp3) is 0.727. The van der Waals surface area contributed by atoms with Crippen LogP contribution in [0, 0.1) is 6.92 Å². The molecule has 1 aromatic rings. The molecule has 0 bridgehead atoms.